The van der Waals surface area contributed by atoms with Gasteiger partial charge < -0.3 is 9.42 Å². The summed E-state index contributed by atoms with van der Waals surface area (Å²) in [5, 5.41) is 4.10. The largest absolute Gasteiger partial charge is 0.337 e. The Hall–Kier alpha value is -3.06. The number of hydrogen-bond acceptors (Lipinski definition) is 6. The zero-order valence-electron chi connectivity index (χ0n) is 15.2. The van der Waals surface area contributed by atoms with Crippen molar-refractivity contribution in [3.8, 4) is 11.4 Å². The number of pyridine rings is 1. The second-order valence-electron chi connectivity index (χ2n) is 6.57. The lowest BCUT2D eigenvalue weighted by molar-refractivity contribution is 0.0551. The summed E-state index contributed by atoms with van der Waals surface area (Å²) in [5.74, 6) is 1.23. The van der Waals surface area contributed by atoms with E-state index < -0.39 is 0 Å². The molecule has 0 spiro atoms. The van der Waals surface area contributed by atoms with Crippen molar-refractivity contribution < 1.29 is 9.32 Å². The molecule has 1 unspecified atom stereocenters. The maximum Gasteiger partial charge on any atom is 0.255 e. The van der Waals surface area contributed by atoms with Crippen molar-refractivity contribution in [3.63, 3.8) is 0 Å². The summed E-state index contributed by atoms with van der Waals surface area (Å²) >= 11 is 0. The molecule has 0 saturated carbocycles. The molecule has 1 aromatic carbocycles. The fraction of sp³-hybridized carbons (Fsp3) is 0.300. The molecule has 2 aromatic heterocycles. The minimum Gasteiger partial charge on any atom is -0.337 e. The third-order valence-corrected chi connectivity index (χ3v) is 4.89. The quantitative estimate of drug-likeness (QED) is 0.709. The van der Waals surface area contributed by atoms with Gasteiger partial charge in [0.15, 0.2) is 0 Å². The Morgan fingerprint density at radius 2 is 1.85 bits per heavy atom. The Morgan fingerprint density at radius 3 is 2.56 bits per heavy atom. The topological polar surface area (TPSA) is 75.4 Å². The number of amides is 1. The lowest BCUT2D eigenvalue weighted by atomic mass is 10.2. The molecule has 7 nitrogen and oxygen atoms in total. The second kappa shape index (κ2) is 7.67. The molecular weight excluding hydrogens is 342 g/mol. The number of aromatic nitrogens is 3. The SMILES string of the molecule is CC(c1nc(-c2ccccc2)no1)N1CCN(C(=O)c2cccnc2)CC1. The number of rotatable bonds is 4. The predicted octanol–water partition coefficient (Wildman–Crippen LogP) is 2.65. The molecule has 1 atom stereocenters. The third kappa shape index (κ3) is 3.73. The van der Waals surface area contributed by atoms with Crippen molar-refractivity contribution in [2.75, 3.05) is 26.2 Å². The summed E-state index contributed by atoms with van der Waals surface area (Å²) in [4.78, 5) is 25.2. The first-order valence-electron chi connectivity index (χ1n) is 9.05. The summed E-state index contributed by atoms with van der Waals surface area (Å²) in [6.45, 7) is 4.91. The monoisotopic (exact) mass is 363 g/mol. The standard InChI is InChI=1S/C20H21N5O2/c1-15(19-22-18(23-27-19)16-6-3-2-4-7-16)24-10-12-25(13-11-24)20(26)17-8-5-9-21-14-17/h2-9,14-15H,10-13H2,1H3. The Bertz CT molecular complexity index is 889. The van der Waals surface area contributed by atoms with E-state index in [0.717, 1.165) is 18.7 Å². The first-order valence-corrected chi connectivity index (χ1v) is 9.05. The van der Waals surface area contributed by atoms with Gasteiger partial charge in [-0.15, -0.1) is 0 Å². The number of hydrogen-bond donors (Lipinski definition) is 0. The van der Waals surface area contributed by atoms with Crippen LogP contribution >= 0.6 is 0 Å². The summed E-state index contributed by atoms with van der Waals surface area (Å²) in [6.07, 6.45) is 3.28. The van der Waals surface area contributed by atoms with E-state index in [1.54, 1.807) is 24.5 Å². The van der Waals surface area contributed by atoms with Gasteiger partial charge in [0.25, 0.3) is 5.91 Å². The summed E-state index contributed by atoms with van der Waals surface area (Å²) < 4.78 is 5.49. The van der Waals surface area contributed by atoms with Crippen LogP contribution in [0.4, 0.5) is 0 Å². The Morgan fingerprint density at radius 1 is 1.07 bits per heavy atom. The minimum absolute atomic E-state index is 0.00519. The van der Waals surface area contributed by atoms with E-state index >= 15 is 0 Å². The van der Waals surface area contributed by atoms with Gasteiger partial charge in [0.1, 0.15) is 0 Å². The second-order valence-corrected chi connectivity index (χ2v) is 6.57. The molecule has 3 heterocycles. The van der Waals surface area contributed by atoms with Crippen molar-refractivity contribution in [3.05, 3.63) is 66.3 Å². The Balaban J connectivity index is 1.38. The number of benzene rings is 1. The van der Waals surface area contributed by atoms with E-state index in [1.165, 1.54) is 0 Å². The first-order chi connectivity index (χ1) is 13.2. The van der Waals surface area contributed by atoms with Crippen LogP contribution in [0.5, 0.6) is 0 Å². The molecule has 1 amide bonds. The molecule has 138 valence electrons. The van der Waals surface area contributed by atoms with Gasteiger partial charge in [-0.25, -0.2) is 0 Å². The molecular formula is C20H21N5O2. The molecule has 1 aliphatic heterocycles. The summed E-state index contributed by atoms with van der Waals surface area (Å²) in [5.41, 5.74) is 1.56. The van der Waals surface area contributed by atoms with E-state index in [2.05, 4.69) is 26.9 Å². The summed E-state index contributed by atoms with van der Waals surface area (Å²) in [7, 11) is 0. The summed E-state index contributed by atoms with van der Waals surface area (Å²) in [6, 6.07) is 13.4. The maximum atomic E-state index is 12.5. The van der Waals surface area contributed by atoms with Crippen molar-refractivity contribution in [2.24, 2.45) is 0 Å². The fourth-order valence-electron chi connectivity index (χ4n) is 3.25. The van der Waals surface area contributed by atoms with Crippen LogP contribution in [0.3, 0.4) is 0 Å². The van der Waals surface area contributed by atoms with Gasteiger partial charge in [0.2, 0.25) is 11.7 Å². The highest BCUT2D eigenvalue weighted by Gasteiger charge is 2.28. The van der Waals surface area contributed by atoms with Gasteiger partial charge in [-0.2, -0.15) is 4.98 Å². The molecule has 1 saturated heterocycles. The third-order valence-electron chi connectivity index (χ3n) is 4.89. The lowest BCUT2D eigenvalue weighted by Gasteiger charge is -2.36. The van der Waals surface area contributed by atoms with Crippen molar-refractivity contribution in [2.45, 2.75) is 13.0 Å². The van der Waals surface area contributed by atoms with Crippen LogP contribution in [0.15, 0.2) is 59.4 Å². The molecule has 4 rings (SSSR count). The van der Waals surface area contributed by atoms with Gasteiger partial charge in [0, 0.05) is 44.1 Å². The maximum absolute atomic E-state index is 12.5. The zero-order valence-corrected chi connectivity index (χ0v) is 15.2. The van der Waals surface area contributed by atoms with Crippen molar-refractivity contribution in [1.29, 1.82) is 0 Å². The lowest BCUT2D eigenvalue weighted by Crippen LogP contribution is -2.49. The molecule has 27 heavy (non-hydrogen) atoms. The molecule has 0 bridgehead atoms. The number of piperazine rings is 1. The Labute approximate surface area is 157 Å². The van der Waals surface area contributed by atoms with Gasteiger partial charge >= 0.3 is 0 Å². The molecule has 0 radical (unpaired) electrons. The molecule has 1 aliphatic rings. The molecule has 0 aliphatic carbocycles. The van der Waals surface area contributed by atoms with Crippen LogP contribution in [0.25, 0.3) is 11.4 Å². The minimum atomic E-state index is 0.00519. The molecule has 1 fully saturated rings. The Kier molecular flexibility index (Phi) is 4.93. The van der Waals surface area contributed by atoms with Crippen LogP contribution in [0.2, 0.25) is 0 Å². The molecule has 3 aromatic rings. The van der Waals surface area contributed by atoms with E-state index in [4.69, 9.17) is 4.52 Å². The first kappa shape index (κ1) is 17.4. The van der Waals surface area contributed by atoms with Gasteiger partial charge in [-0.05, 0) is 19.1 Å². The predicted molar refractivity (Wildman–Crippen MR) is 99.9 cm³/mol. The number of carbonyl (C=O) groups excluding carboxylic acids is 1. The zero-order chi connectivity index (χ0) is 18.6. The van der Waals surface area contributed by atoms with Crippen molar-refractivity contribution >= 4 is 5.91 Å². The van der Waals surface area contributed by atoms with E-state index in [1.807, 2.05) is 35.2 Å². The van der Waals surface area contributed by atoms with Gasteiger partial charge in [-0.1, -0.05) is 35.5 Å². The fourth-order valence-corrected chi connectivity index (χ4v) is 3.25. The van der Waals surface area contributed by atoms with Crippen LogP contribution in [0.1, 0.15) is 29.2 Å². The van der Waals surface area contributed by atoms with E-state index in [0.29, 0.717) is 30.4 Å². The highest BCUT2D eigenvalue weighted by atomic mass is 16.5. The smallest absolute Gasteiger partial charge is 0.255 e. The normalized spacial score (nSPS) is 16.3. The molecule has 0 N–H and O–H groups in total. The van der Waals surface area contributed by atoms with Crippen LogP contribution in [-0.4, -0.2) is 57.0 Å². The molecule has 7 heteroatoms. The van der Waals surface area contributed by atoms with Crippen LogP contribution in [-0.2, 0) is 0 Å². The van der Waals surface area contributed by atoms with Gasteiger partial charge in [0.05, 0.1) is 11.6 Å². The van der Waals surface area contributed by atoms with E-state index in [9.17, 15) is 4.79 Å². The van der Waals surface area contributed by atoms with E-state index in [-0.39, 0.29) is 11.9 Å². The number of carbonyl (C=O) groups is 1. The van der Waals surface area contributed by atoms with Crippen molar-refractivity contribution in [1.82, 2.24) is 24.9 Å². The van der Waals surface area contributed by atoms with Crippen LogP contribution in [0, 0.1) is 0 Å². The average molecular weight is 363 g/mol. The highest BCUT2D eigenvalue weighted by molar-refractivity contribution is 5.93. The average Bonchev–Trinajstić information content (AvgIpc) is 3.24. The van der Waals surface area contributed by atoms with Gasteiger partial charge in [-0.3, -0.25) is 14.7 Å². The van der Waals surface area contributed by atoms with Crippen LogP contribution < -0.4 is 0 Å². The highest BCUT2D eigenvalue weighted by Crippen LogP contribution is 2.23. The number of nitrogens with zero attached hydrogens (tertiary/aromatic N) is 5.